The first-order valence-corrected chi connectivity index (χ1v) is 9.27. The molecule has 0 fully saturated rings. The van der Waals surface area contributed by atoms with E-state index in [4.69, 9.17) is 11.6 Å². The molecule has 0 aliphatic carbocycles. The van der Waals surface area contributed by atoms with Crippen molar-refractivity contribution >= 4 is 39.2 Å². The highest BCUT2D eigenvalue weighted by atomic mass is 35.5. The highest BCUT2D eigenvalue weighted by Gasteiger charge is 2.19. The van der Waals surface area contributed by atoms with E-state index < -0.39 is 10.8 Å². The van der Waals surface area contributed by atoms with Crippen LogP contribution in [-0.2, 0) is 10.8 Å². The van der Waals surface area contributed by atoms with Crippen LogP contribution in [-0.4, -0.2) is 34.4 Å². The summed E-state index contributed by atoms with van der Waals surface area (Å²) in [6.07, 6.45) is 4.76. The van der Waals surface area contributed by atoms with Gasteiger partial charge in [-0.15, -0.1) is 0 Å². The minimum Gasteiger partial charge on any atom is -0.268 e. The Morgan fingerprint density at radius 2 is 1.96 bits per heavy atom. The summed E-state index contributed by atoms with van der Waals surface area (Å²) in [5, 5.41) is 0.938. The molecule has 3 heterocycles. The van der Waals surface area contributed by atoms with Crippen molar-refractivity contribution in [1.82, 2.24) is 23.9 Å². The summed E-state index contributed by atoms with van der Waals surface area (Å²) >= 11 is 6.29. The molecule has 0 N–H and O–H groups in total. The van der Waals surface area contributed by atoms with E-state index >= 15 is 0 Å². The van der Waals surface area contributed by atoms with Crippen molar-refractivity contribution in [2.24, 2.45) is 0 Å². The number of fused-ring (bicyclic) bond motifs is 3. The lowest BCUT2D eigenvalue weighted by molar-refractivity contribution is 0.679. The van der Waals surface area contributed by atoms with Gasteiger partial charge in [-0.2, -0.15) is 0 Å². The van der Waals surface area contributed by atoms with E-state index in [-0.39, 0.29) is 10.7 Å². The third kappa shape index (κ3) is 2.37. The van der Waals surface area contributed by atoms with E-state index in [1.807, 2.05) is 0 Å². The number of hydrogen-bond donors (Lipinski definition) is 0. The van der Waals surface area contributed by atoms with Gasteiger partial charge in [-0.05, 0) is 19.1 Å². The summed E-state index contributed by atoms with van der Waals surface area (Å²) in [5.41, 5.74) is 1.03. The lowest BCUT2D eigenvalue weighted by Gasteiger charge is -2.13. The molecule has 1 aromatic carbocycles. The topological polar surface area (TPSA) is 82.1 Å². The van der Waals surface area contributed by atoms with Crippen molar-refractivity contribution in [3.63, 3.8) is 0 Å². The Morgan fingerprint density at radius 3 is 2.68 bits per heavy atom. The molecule has 0 spiro atoms. The van der Waals surface area contributed by atoms with Crippen LogP contribution < -0.4 is 5.56 Å². The number of imidazole rings is 1. The maximum atomic E-state index is 13.2. The van der Waals surface area contributed by atoms with Crippen LogP contribution in [0.4, 0.5) is 0 Å². The van der Waals surface area contributed by atoms with Gasteiger partial charge in [-0.25, -0.2) is 19.5 Å². The standard InChI is InChI=1S/C16H12ClN5O2S/c1-9-12-13(20-15(19-9)25(2)24)21-8-7-18-16(21)22(14(12)23)11-6-4-3-5-10(11)17/h3-8H,1-2H3. The number of benzene rings is 1. The first kappa shape index (κ1) is 15.9. The number of aryl methyl sites for hydroxylation is 1. The van der Waals surface area contributed by atoms with Crippen molar-refractivity contribution in [1.29, 1.82) is 0 Å². The van der Waals surface area contributed by atoms with Gasteiger partial charge in [0.25, 0.3) is 5.56 Å². The molecule has 4 aromatic rings. The molecule has 0 radical (unpaired) electrons. The van der Waals surface area contributed by atoms with Gasteiger partial charge in [0.1, 0.15) is 5.39 Å². The average Bonchev–Trinajstić information content (AvgIpc) is 3.05. The van der Waals surface area contributed by atoms with E-state index in [1.165, 1.54) is 10.8 Å². The summed E-state index contributed by atoms with van der Waals surface area (Å²) in [4.78, 5) is 26.0. The van der Waals surface area contributed by atoms with Crippen molar-refractivity contribution in [3.05, 3.63) is 57.7 Å². The van der Waals surface area contributed by atoms with Crippen LogP contribution in [0, 0.1) is 6.92 Å². The number of nitrogens with zero attached hydrogens (tertiary/aromatic N) is 5. The van der Waals surface area contributed by atoms with Crippen LogP contribution in [0.3, 0.4) is 0 Å². The molecule has 0 saturated heterocycles. The summed E-state index contributed by atoms with van der Waals surface area (Å²) < 4.78 is 14.9. The predicted octanol–water partition coefficient (Wildman–Crippen LogP) is 2.13. The number of rotatable bonds is 2. The normalized spacial score (nSPS) is 12.8. The van der Waals surface area contributed by atoms with Crippen LogP contribution in [0.5, 0.6) is 0 Å². The van der Waals surface area contributed by atoms with Gasteiger partial charge in [-0.1, -0.05) is 23.7 Å². The number of hydrogen-bond acceptors (Lipinski definition) is 5. The van der Waals surface area contributed by atoms with Crippen LogP contribution in [0.1, 0.15) is 5.69 Å². The van der Waals surface area contributed by atoms with E-state index in [9.17, 15) is 9.00 Å². The SMILES string of the molecule is Cc1nc(S(C)=O)nc2c1c(=O)n(-c1ccccc1Cl)c1nccn21. The molecule has 3 aromatic heterocycles. The van der Waals surface area contributed by atoms with E-state index in [1.54, 1.807) is 48.0 Å². The maximum Gasteiger partial charge on any atom is 0.270 e. The van der Waals surface area contributed by atoms with Crippen LogP contribution >= 0.6 is 11.6 Å². The van der Waals surface area contributed by atoms with Gasteiger partial charge in [0.15, 0.2) is 5.65 Å². The minimum atomic E-state index is -1.36. The number of para-hydroxylation sites is 1. The molecule has 0 aliphatic rings. The summed E-state index contributed by atoms with van der Waals surface area (Å²) in [6, 6.07) is 7.04. The van der Waals surface area contributed by atoms with Crippen molar-refractivity contribution in [2.75, 3.05) is 6.26 Å². The van der Waals surface area contributed by atoms with E-state index in [0.29, 0.717) is 33.2 Å². The molecule has 9 heteroatoms. The Labute approximate surface area is 149 Å². The van der Waals surface area contributed by atoms with Gasteiger partial charge in [0.05, 0.1) is 27.2 Å². The van der Waals surface area contributed by atoms with Gasteiger partial charge in [0.2, 0.25) is 10.9 Å². The second-order valence-corrected chi connectivity index (χ2v) is 7.11. The molecule has 0 saturated carbocycles. The molecule has 0 aliphatic heterocycles. The second-order valence-electron chi connectivity index (χ2n) is 5.43. The molecule has 0 bridgehead atoms. The summed E-state index contributed by atoms with van der Waals surface area (Å²) in [6.45, 7) is 1.70. The first-order valence-electron chi connectivity index (χ1n) is 7.34. The highest BCUT2D eigenvalue weighted by molar-refractivity contribution is 7.84. The largest absolute Gasteiger partial charge is 0.270 e. The molecule has 126 valence electrons. The smallest absolute Gasteiger partial charge is 0.268 e. The number of halogens is 1. The summed E-state index contributed by atoms with van der Waals surface area (Å²) in [7, 11) is -1.36. The highest BCUT2D eigenvalue weighted by Crippen LogP contribution is 2.22. The zero-order valence-electron chi connectivity index (χ0n) is 13.3. The third-order valence-corrected chi connectivity index (χ3v) is 4.88. The summed E-state index contributed by atoms with van der Waals surface area (Å²) in [5.74, 6) is 0.372. The first-order chi connectivity index (χ1) is 12.0. The Morgan fingerprint density at radius 1 is 1.20 bits per heavy atom. The molecule has 7 nitrogen and oxygen atoms in total. The fraction of sp³-hybridized carbons (Fsp3) is 0.125. The lowest BCUT2D eigenvalue weighted by atomic mass is 10.2. The minimum absolute atomic E-state index is 0.176. The predicted molar refractivity (Wildman–Crippen MR) is 96.0 cm³/mol. The number of aromatic nitrogens is 5. The Hall–Kier alpha value is -2.58. The zero-order chi connectivity index (χ0) is 17.7. The van der Waals surface area contributed by atoms with Crippen molar-refractivity contribution in [2.45, 2.75) is 12.1 Å². The Kier molecular flexibility index (Phi) is 3.66. The monoisotopic (exact) mass is 373 g/mol. The van der Waals surface area contributed by atoms with Crippen LogP contribution in [0.15, 0.2) is 46.6 Å². The second kappa shape index (κ2) is 5.75. The molecule has 4 rings (SSSR count). The molecule has 1 unspecified atom stereocenters. The zero-order valence-corrected chi connectivity index (χ0v) is 14.9. The fourth-order valence-electron chi connectivity index (χ4n) is 2.77. The van der Waals surface area contributed by atoms with Gasteiger partial charge in [0, 0.05) is 18.6 Å². The Bertz CT molecular complexity index is 1230. The average molecular weight is 374 g/mol. The molecular weight excluding hydrogens is 362 g/mol. The van der Waals surface area contributed by atoms with E-state index in [2.05, 4.69) is 15.0 Å². The van der Waals surface area contributed by atoms with E-state index in [0.717, 1.165) is 0 Å². The molecule has 25 heavy (non-hydrogen) atoms. The van der Waals surface area contributed by atoms with Crippen molar-refractivity contribution < 1.29 is 4.21 Å². The molecule has 0 amide bonds. The molecule has 1 atom stereocenters. The van der Waals surface area contributed by atoms with Gasteiger partial charge >= 0.3 is 0 Å². The Balaban J connectivity index is 2.25. The lowest BCUT2D eigenvalue weighted by Crippen LogP contribution is -2.24. The fourth-order valence-corrected chi connectivity index (χ4v) is 3.47. The van der Waals surface area contributed by atoms with Gasteiger partial charge < -0.3 is 0 Å². The third-order valence-electron chi connectivity index (χ3n) is 3.87. The van der Waals surface area contributed by atoms with Gasteiger partial charge in [-0.3, -0.25) is 13.4 Å². The maximum absolute atomic E-state index is 13.2. The van der Waals surface area contributed by atoms with Crippen molar-refractivity contribution in [3.8, 4) is 5.69 Å². The molecular formula is C16H12ClN5O2S. The quantitative estimate of drug-likeness (QED) is 0.503. The van der Waals surface area contributed by atoms with Crippen LogP contribution in [0.25, 0.3) is 22.5 Å². The van der Waals surface area contributed by atoms with Crippen LogP contribution in [0.2, 0.25) is 5.02 Å².